The second-order valence-electron chi connectivity index (χ2n) is 4.38. The summed E-state index contributed by atoms with van der Waals surface area (Å²) in [6, 6.07) is -0.0393. The Hall–Kier alpha value is -1.63. The molecule has 1 aliphatic heterocycles. The first-order valence-electron chi connectivity index (χ1n) is 6.42. The maximum absolute atomic E-state index is 12.1. The summed E-state index contributed by atoms with van der Waals surface area (Å²) in [4.78, 5) is 31.3. The van der Waals surface area contributed by atoms with Gasteiger partial charge in [0.05, 0.1) is 5.51 Å². The van der Waals surface area contributed by atoms with Crippen LogP contribution in [0.15, 0.2) is 10.9 Å². The fraction of sp³-hybridized carbons (Fsp3) is 0.583. The zero-order chi connectivity index (χ0) is 13.7. The Morgan fingerprint density at radius 2 is 2.00 bits per heavy atom. The number of aromatic nitrogens is 1. The van der Waals surface area contributed by atoms with Gasteiger partial charge in [-0.25, -0.2) is 9.78 Å². The van der Waals surface area contributed by atoms with Crippen LogP contribution in [0.4, 0.5) is 4.79 Å². The van der Waals surface area contributed by atoms with E-state index in [9.17, 15) is 9.59 Å². The molecular weight excluding hydrogens is 264 g/mol. The van der Waals surface area contributed by atoms with E-state index in [4.69, 9.17) is 0 Å². The Kier molecular flexibility index (Phi) is 4.73. The molecule has 6 nitrogen and oxygen atoms in total. The predicted octanol–water partition coefficient (Wildman–Crippen LogP) is 1.02. The molecule has 0 aliphatic carbocycles. The molecule has 19 heavy (non-hydrogen) atoms. The van der Waals surface area contributed by atoms with Crippen molar-refractivity contribution in [3.8, 4) is 0 Å². The minimum absolute atomic E-state index is 0.0393. The molecule has 1 fully saturated rings. The SMILES string of the molecule is CCCNC(=O)N1CCN(C(=O)c2cscn2)CC1. The third kappa shape index (κ3) is 3.44. The van der Waals surface area contributed by atoms with Crippen LogP contribution in [-0.2, 0) is 0 Å². The monoisotopic (exact) mass is 282 g/mol. The molecule has 1 saturated heterocycles. The van der Waals surface area contributed by atoms with Crippen molar-refractivity contribution in [2.45, 2.75) is 13.3 Å². The summed E-state index contributed by atoms with van der Waals surface area (Å²) in [6.45, 7) is 4.99. The van der Waals surface area contributed by atoms with Gasteiger partial charge in [-0.1, -0.05) is 6.92 Å². The Morgan fingerprint density at radius 1 is 1.32 bits per heavy atom. The molecule has 1 aromatic heterocycles. The quantitative estimate of drug-likeness (QED) is 0.900. The third-order valence-corrected chi connectivity index (χ3v) is 3.62. The molecule has 0 atom stereocenters. The van der Waals surface area contributed by atoms with Crippen molar-refractivity contribution >= 4 is 23.3 Å². The number of piperazine rings is 1. The third-order valence-electron chi connectivity index (χ3n) is 3.03. The Balaban J connectivity index is 1.82. The second kappa shape index (κ2) is 6.51. The predicted molar refractivity (Wildman–Crippen MR) is 73.3 cm³/mol. The number of thiazole rings is 1. The van der Waals surface area contributed by atoms with Crippen molar-refractivity contribution < 1.29 is 9.59 Å². The maximum Gasteiger partial charge on any atom is 0.317 e. The fourth-order valence-corrected chi connectivity index (χ4v) is 2.46. The molecule has 0 radical (unpaired) electrons. The summed E-state index contributed by atoms with van der Waals surface area (Å²) < 4.78 is 0. The highest BCUT2D eigenvalue weighted by Gasteiger charge is 2.25. The van der Waals surface area contributed by atoms with Gasteiger partial charge in [0.15, 0.2) is 0 Å². The molecule has 2 rings (SSSR count). The largest absolute Gasteiger partial charge is 0.338 e. The van der Waals surface area contributed by atoms with E-state index in [-0.39, 0.29) is 11.9 Å². The van der Waals surface area contributed by atoms with Crippen molar-refractivity contribution in [3.63, 3.8) is 0 Å². The highest BCUT2D eigenvalue weighted by Crippen LogP contribution is 2.09. The van der Waals surface area contributed by atoms with Crippen LogP contribution in [0.1, 0.15) is 23.8 Å². The second-order valence-corrected chi connectivity index (χ2v) is 5.10. The van der Waals surface area contributed by atoms with Gasteiger partial charge in [-0.15, -0.1) is 11.3 Å². The van der Waals surface area contributed by atoms with E-state index in [1.165, 1.54) is 11.3 Å². The fourth-order valence-electron chi connectivity index (χ4n) is 1.94. The Bertz CT molecular complexity index is 427. The van der Waals surface area contributed by atoms with Gasteiger partial charge in [0.2, 0.25) is 0 Å². The van der Waals surface area contributed by atoms with E-state index >= 15 is 0 Å². The van der Waals surface area contributed by atoms with E-state index in [0.717, 1.165) is 6.42 Å². The number of carbonyl (C=O) groups excluding carboxylic acids is 2. The van der Waals surface area contributed by atoms with E-state index in [1.54, 1.807) is 20.7 Å². The van der Waals surface area contributed by atoms with Gasteiger partial charge in [0.25, 0.3) is 5.91 Å². The maximum atomic E-state index is 12.1. The minimum atomic E-state index is -0.0464. The van der Waals surface area contributed by atoms with Crippen LogP contribution < -0.4 is 5.32 Å². The number of carbonyl (C=O) groups is 2. The van der Waals surface area contributed by atoms with Crippen molar-refractivity contribution in [2.24, 2.45) is 0 Å². The molecule has 2 heterocycles. The van der Waals surface area contributed by atoms with Crippen LogP contribution >= 0.6 is 11.3 Å². The lowest BCUT2D eigenvalue weighted by Gasteiger charge is -2.34. The van der Waals surface area contributed by atoms with E-state index < -0.39 is 0 Å². The molecule has 1 aliphatic rings. The van der Waals surface area contributed by atoms with Crippen LogP contribution in [0.25, 0.3) is 0 Å². The van der Waals surface area contributed by atoms with Crippen LogP contribution in [0.2, 0.25) is 0 Å². The Morgan fingerprint density at radius 3 is 2.58 bits per heavy atom. The first-order chi connectivity index (χ1) is 9.22. The number of hydrogen-bond acceptors (Lipinski definition) is 4. The van der Waals surface area contributed by atoms with Gasteiger partial charge in [-0.3, -0.25) is 4.79 Å². The minimum Gasteiger partial charge on any atom is -0.338 e. The first-order valence-corrected chi connectivity index (χ1v) is 7.37. The normalized spacial score (nSPS) is 15.4. The van der Waals surface area contributed by atoms with Crippen LogP contribution in [-0.4, -0.2) is 59.4 Å². The van der Waals surface area contributed by atoms with Crippen molar-refractivity contribution in [1.82, 2.24) is 20.1 Å². The van der Waals surface area contributed by atoms with Crippen molar-refractivity contribution in [2.75, 3.05) is 32.7 Å². The molecule has 1 N–H and O–H groups in total. The molecule has 0 bridgehead atoms. The summed E-state index contributed by atoms with van der Waals surface area (Å²) in [6.07, 6.45) is 0.925. The van der Waals surface area contributed by atoms with Gasteiger partial charge >= 0.3 is 6.03 Å². The summed E-state index contributed by atoms with van der Waals surface area (Å²) in [7, 11) is 0. The summed E-state index contributed by atoms with van der Waals surface area (Å²) in [5, 5.41) is 4.60. The van der Waals surface area contributed by atoms with E-state index in [0.29, 0.717) is 38.4 Å². The molecule has 0 spiro atoms. The average molecular weight is 282 g/mol. The molecule has 7 heteroatoms. The van der Waals surface area contributed by atoms with Crippen LogP contribution in [0.5, 0.6) is 0 Å². The number of amides is 3. The van der Waals surface area contributed by atoms with Gasteiger partial charge in [0, 0.05) is 38.1 Å². The summed E-state index contributed by atoms with van der Waals surface area (Å²) in [5.41, 5.74) is 2.15. The molecule has 104 valence electrons. The average Bonchev–Trinajstić information content (AvgIpc) is 2.98. The van der Waals surface area contributed by atoms with Gasteiger partial charge in [-0.2, -0.15) is 0 Å². The van der Waals surface area contributed by atoms with E-state index in [1.807, 2.05) is 6.92 Å². The van der Waals surface area contributed by atoms with Crippen molar-refractivity contribution in [3.05, 3.63) is 16.6 Å². The topological polar surface area (TPSA) is 65.5 Å². The molecule has 0 saturated carbocycles. The smallest absolute Gasteiger partial charge is 0.317 e. The summed E-state index contributed by atoms with van der Waals surface area (Å²) >= 11 is 1.41. The first kappa shape index (κ1) is 13.8. The van der Waals surface area contributed by atoms with E-state index in [2.05, 4.69) is 10.3 Å². The highest BCUT2D eigenvalue weighted by atomic mass is 32.1. The molecule has 1 aromatic rings. The number of hydrogen-bond donors (Lipinski definition) is 1. The van der Waals surface area contributed by atoms with Crippen LogP contribution in [0, 0.1) is 0 Å². The van der Waals surface area contributed by atoms with Crippen LogP contribution in [0.3, 0.4) is 0 Å². The standard InChI is InChI=1S/C12H18N4O2S/c1-2-3-13-12(18)16-6-4-15(5-7-16)11(17)10-8-19-9-14-10/h8-9H,2-7H2,1H3,(H,13,18). The van der Waals surface area contributed by atoms with Gasteiger partial charge in [0.1, 0.15) is 5.69 Å². The zero-order valence-corrected chi connectivity index (χ0v) is 11.8. The van der Waals surface area contributed by atoms with Gasteiger partial charge in [-0.05, 0) is 6.42 Å². The van der Waals surface area contributed by atoms with Gasteiger partial charge < -0.3 is 15.1 Å². The molecule has 3 amide bonds. The lowest BCUT2D eigenvalue weighted by molar-refractivity contribution is 0.0660. The molecular formula is C12H18N4O2S. The zero-order valence-electron chi connectivity index (χ0n) is 11.0. The molecule has 0 aromatic carbocycles. The lowest BCUT2D eigenvalue weighted by atomic mass is 10.3. The highest BCUT2D eigenvalue weighted by molar-refractivity contribution is 7.07. The Labute approximate surface area is 116 Å². The lowest BCUT2D eigenvalue weighted by Crippen LogP contribution is -2.53. The summed E-state index contributed by atoms with van der Waals surface area (Å²) in [5.74, 6) is -0.0464. The number of rotatable bonds is 3. The van der Waals surface area contributed by atoms with Crippen molar-refractivity contribution in [1.29, 1.82) is 0 Å². The molecule has 0 unspecified atom stereocenters. The number of urea groups is 1. The number of nitrogens with zero attached hydrogens (tertiary/aromatic N) is 3. The number of nitrogens with one attached hydrogen (secondary N) is 1.